The van der Waals surface area contributed by atoms with Crippen molar-refractivity contribution in [1.82, 2.24) is 5.32 Å². The van der Waals surface area contributed by atoms with Crippen LogP contribution in [0, 0.1) is 5.92 Å². The molecular weight excluding hydrogens is 318 g/mol. The average Bonchev–Trinajstić information content (AvgIpc) is 3.17. The fourth-order valence-corrected chi connectivity index (χ4v) is 3.36. The number of carbonyl (C=O) groups is 1. The van der Waals surface area contributed by atoms with Gasteiger partial charge < -0.3 is 19.6 Å². The maximum atomic E-state index is 12.8. The van der Waals surface area contributed by atoms with Crippen LogP contribution in [0.2, 0.25) is 0 Å². The molecule has 5 nitrogen and oxygen atoms in total. The molecule has 0 saturated carbocycles. The molecule has 1 aromatic carbocycles. The van der Waals surface area contributed by atoms with E-state index in [9.17, 15) is 9.90 Å². The van der Waals surface area contributed by atoms with E-state index in [1.807, 2.05) is 37.3 Å². The van der Waals surface area contributed by atoms with Gasteiger partial charge in [-0.15, -0.1) is 0 Å². The number of hydrogen-bond donors (Lipinski definition) is 2. The smallest absolute Gasteiger partial charge is 0.226 e. The van der Waals surface area contributed by atoms with Gasteiger partial charge in [-0.25, -0.2) is 0 Å². The van der Waals surface area contributed by atoms with E-state index in [4.69, 9.17) is 9.15 Å². The van der Waals surface area contributed by atoms with Gasteiger partial charge in [0.2, 0.25) is 5.91 Å². The first kappa shape index (κ1) is 17.7. The summed E-state index contributed by atoms with van der Waals surface area (Å²) in [5.74, 6) is 0.288. The Morgan fingerprint density at radius 3 is 2.80 bits per heavy atom. The largest absolute Gasteiger partial charge is 0.467 e. The quantitative estimate of drug-likeness (QED) is 0.843. The van der Waals surface area contributed by atoms with Gasteiger partial charge in [-0.1, -0.05) is 30.3 Å². The zero-order valence-electron chi connectivity index (χ0n) is 14.4. The summed E-state index contributed by atoms with van der Waals surface area (Å²) in [6.07, 6.45) is 2.69. The summed E-state index contributed by atoms with van der Waals surface area (Å²) in [6, 6.07) is 13.2. The molecule has 25 heavy (non-hydrogen) atoms. The molecule has 0 spiro atoms. The van der Waals surface area contributed by atoms with E-state index >= 15 is 0 Å². The van der Waals surface area contributed by atoms with Crippen LogP contribution >= 0.6 is 0 Å². The number of aliphatic hydroxyl groups is 1. The van der Waals surface area contributed by atoms with Crippen LogP contribution in [-0.4, -0.2) is 23.7 Å². The third kappa shape index (κ3) is 4.50. The number of nitrogens with one attached hydrogen (secondary N) is 1. The molecule has 1 fully saturated rings. The van der Waals surface area contributed by atoms with Gasteiger partial charge in [-0.3, -0.25) is 4.79 Å². The Morgan fingerprint density at radius 1 is 1.28 bits per heavy atom. The van der Waals surface area contributed by atoms with Crippen LogP contribution in [0.3, 0.4) is 0 Å². The van der Waals surface area contributed by atoms with Gasteiger partial charge in [0.15, 0.2) is 0 Å². The average molecular weight is 343 g/mol. The first-order valence-corrected chi connectivity index (χ1v) is 8.83. The topological polar surface area (TPSA) is 71.7 Å². The lowest BCUT2D eigenvalue weighted by atomic mass is 9.88. The first-order valence-electron chi connectivity index (χ1n) is 8.83. The zero-order chi connectivity index (χ0) is 17.6. The second-order valence-electron chi connectivity index (χ2n) is 6.63. The van der Waals surface area contributed by atoms with Crippen molar-refractivity contribution < 1.29 is 19.1 Å². The Balaban J connectivity index is 1.60. The SMILES string of the molecule is CC(CC(O)c1ccco1)NC(=O)C1CCCOC1c1ccccc1. The van der Waals surface area contributed by atoms with Gasteiger partial charge in [0.05, 0.1) is 18.3 Å². The van der Waals surface area contributed by atoms with Crippen LogP contribution < -0.4 is 5.32 Å². The standard InChI is InChI=1S/C20H25NO4/c1-14(13-17(22)18-10-6-11-24-18)21-20(23)16-9-5-12-25-19(16)15-7-3-2-4-8-15/h2-4,6-8,10-11,14,16-17,19,22H,5,9,12-13H2,1H3,(H,21,23). The van der Waals surface area contributed by atoms with Crippen molar-refractivity contribution in [2.75, 3.05) is 6.61 Å². The van der Waals surface area contributed by atoms with Crippen molar-refractivity contribution in [3.8, 4) is 0 Å². The third-order valence-corrected chi connectivity index (χ3v) is 4.62. The van der Waals surface area contributed by atoms with Crippen molar-refractivity contribution in [2.45, 2.75) is 44.4 Å². The van der Waals surface area contributed by atoms with E-state index in [1.165, 1.54) is 6.26 Å². The van der Waals surface area contributed by atoms with Gasteiger partial charge in [-0.05, 0) is 37.5 Å². The molecule has 2 heterocycles. The molecule has 1 saturated heterocycles. The fourth-order valence-electron chi connectivity index (χ4n) is 3.36. The first-order chi connectivity index (χ1) is 12.1. The van der Waals surface area contributed by atoms with Crippen molar-refractivity contribution in [3.63, 3.8) is 0 Å². The highest BCUT2D eigenvalue weighted by molar-refractivity contribution is 5.79. The molecule has 2 N–H and O–H groups in total. The number of furan rings is 1. The minimum atomic E-state index is -0.724. The van der Waals surface area contributed by atoms with Crippen LogP contribution in [0.1, 0.15) is 49.7 Å². The molecule has 1 aliphatic heterocycles. The highest BCUT2D eigenvalue weighted by atomic mass is 16.5. The molecule has 0 radical (unpaired) electrons. The van der Waals surface area contributed by atoms with Crippen molar-refractivity contribution in [2.24, 2.45) is 5.92 Å². The van der Waals surface area contributed by atoms with Crippen molar-refractivity contribution in [1.29, 1.82) is 0 Å². The Hall–Kier alpha value is -2.11. The van der Waals surface area contributed by atoms with Crippen LogP contribution in [0.5, 0.6) is 0 Å². The van der Waals surface area contributed by atoms with Gasteiger partial charge in [0.1, 0.15) is 11.9 Å². The minimum absolute atomic E-state index is 0.0207. The number of aliphatic hydroxyl groups excluding tert-OH is 1. The van der Waals surface area contributed by atoms with Gasteiger partial charge in [0, 0.05) is 19.1 Å². The molecule has 2 aromatic rings. The molecule has 3 rings (SSSR count). The van der Waals surface area contributed by atoms with E-state index in [1.54, 1.807) is 12.1 Å². The van der Waals surface area contributed by atoms with Crippen molar-refractivity contribution >= 4 is 5.91 Å². The van der Waals surface area contributed by atoms with Crippen LogP contribution in [0.15, 0.2) is 53.1 Å². The lowest BCUT2D eigenvalue weighted by Gasteiger charge is -2.32. The fraction of sp³-hybridized carbons (Fsp3) is 0.450. The Bertz CT molecular complexity index is 656. The zero-order valence-corrected chi connectivity index (χ0v) is 14.4. The highest BCUT2D eigenvalue weighted by Gasteiger charge is 2.33. The summed E-state index contributed by atoms with van der Waals surface area (Å²) in [4.78, 5) is 12.8. The third-order valence-electron chi connectivity index (χ3n) is 4.62. The Labute approximate surface area is 148 Å². The number of ether oxygens (including phenoxy) is 1. The lowest BCUT2D eigenvalue weighted by Crippen LogP contribution is -2.42. The van der Waals surface area contributed by atoms with E-state index in [2.05, 4.69) is 5.32 Å². The summed E-state index contributed by atoms with van der Waals surface area (Å²) in [6.45, 7) is 2.57. The predicted molar refractivity (Wildman–Crippen MR) is 93.7 cm³/mol. The number of rotatable bonds is 6. The molecule has 1 aromatic heterocycles. The second kappa shape index (κ2) is 8.32. The summed E-state index contributed by atoms with van der Waals surface area (Å²) in [5, 5.41) is 13.2. The summed E-state index contributed by atoms with van der Waals surface area (Å²) in [5.41, 5.74) is 1.03. The van der Waals surface area contributed by atoms with E-state index < -0.39 is 6.10 Å². The number of hydrogen-bond acceptors (Lipinski definition) is 4. The summed E-state index contributed by atoms with van der Waals surface area (Å²) in [7, 11) is 0. The number of amides is 1. The number of carbonyl (C=O) groups excluding carboxylic acids is 1. The molecule has 1 amide bonds. The van der Waals surface area contributed by atoms with E-state index in [0.717, 1.165) is 18.4 Å². The minimum Gasteiger partial charge on any atom is -0.467 e. The maximum Gasteiger partial charge on any atom is 0.226 e. The molecule has 5 heteroatoms. The molecule has 1 aliphatic rings. The normalized spacial score (nSPS) is 23.0. The molecule has 4 atom stereocenters. The predicted octanol–water partition coefficient (Wildman–Crippen LogP) is 3.38. The summed E-state index contributed by atoms with van der Waals surface area (Å²) < 4.78 is 11.1. The van der Waals surface area contributed by atoms with E-state index in [-0.39, 0.29) is 24.0 Å². The van der Waals surface area contributed by atoms with Crippen LogP contribution in [0.4, 0.5) is 0 Å². The van der Waals surface area contributed by atoms with Gasteiger partial charge in [0.25, 0.3) is 0 Å². The number of benzene rings is 1. The maximum absolute atomic E-state index is 12.8. The lowest BCUT2D eigenvalue weighted by molar-refractivity contribution is -0.135. The van der Waals surface area contributed by atoms with Crippen LogP contribution in [0.25, 0.3) is 0 Å². The Kier molecular flexibility index (Phi) is 5.89. The van der Waals surface area contributed by atoms with Gasteiger partial charge in [-0.2, -0.15) is 0 Å². The Morgan fingerprint density at radius 2 is 2.08 bits per heavy atom. The van der Waals surface area contributed by atoms with Gasteiger partial charge >= 0.3 is 0 Å². The molecule has 0 bridgehead atoms. The van der Waals surface area contributed by atoms with Crippen molar-refractivity contribution in [3.05, 3.63) is 60.1 Å². The molecule has 4 unspecified atom stereocenters. The van der Waals surface area contributed by atoms with E-state index in [0.29, 0.717) is 18.8 Å². The highest BCUT2D eigenvalue weighted by Crippen LogP contribution is 2.34. The molecule has 134 valence electrons. The summed E-state index contributed by atoms with van der Waals surface area (Å²) >= 11 is 0. The monoisotopic (exact) mass is 343 g/mol. The van der Waals surface area contributed by atoms with Crippen LogP contribution in [-0.2, 0) is 9.53 Å². The second-order valence-corrected chi connectivity index (χ2v) is 6.63. The molecule has 0 aliphatic carbocycles. The molecular formula is C20H25NO4.